The molecule has 0 spiro atoms. The Balaban J connectivity index is 1.99. The van der Waals surface area contributed by atoms with E-state index in [0.717, 1.165) is 0 Å². The fourth-order valence-corrected chi connectivity index (χ4v) is 2.40. The summed E-state index contributed by atoms with van der Waals surface area (Å²) >= 11 is 11.8. The van der Waals surface area contributed by atoms with E-state index < -0.39 is 5.91 Å². The molecule has 0 bridgehead atoms. The highest BCUT2D eigenvalue weighted by Crippen LogP contribution is 2.30. The third kappa shape index (κ3) is 2.68. The number of hydrogen-bond donors (Lipinski definition) is 2. The second kappa shape index (κ2) is 5.79. The van der Waals surface area contributed by atoms with Crippen LogP contribution in [-0.2, 0) is 0 Å². The monoisotopic (exact) mass is 333 g/mol. The maximum Gasteiger partial charge on any atom is 0.280 e. The fraction of sp³-hybridized carbons (Fsp3) is 0. The van der Waals surface area contributed by atoms with Crippen LogP contribution in [0.3, 0.4) is 0 Å². The first-order valence-electron chi connectivity index (χ1n) is 6.27. The van der Waals surface area contributed by atoms with E-state index >= 15 is 0 Å². The van der Waals surface area contributed by atoms with Crippen LogP contribution in [-0.4, -0.2) is 21.2 Å². The van der Waals surface area contributed by atoms with E-state index in [1.54, 1.807) is 42.5 Å². The van der Waals surface area contributed by atoms with Gasteiger partial charge in [-0.2, -0.15) is 0 Å². The topological polar surface area (TPSA) is 75.1 Å². The van der Waals surface area contributed by atoms with Crippen molar-refractivity contribution in [2.45, 2.75) is 0 Å². The lowest BCUT2D eigenvalue weighted by Crippen LogP contribution is -2.14. The summed E-state index contributed by atoms with van der Waals surface area (Å²) in [5.74, 6) is -0.860. The molecule has 1 amide bonds. The molecule has 0 saturated heterocycles. The summed E-state index contributed by atoms with van der Waals surface area (Å²) in [5.41, 5.74) is 0.639. The number of rotatable bonds is 2. The average Bonchev–Trinajstić information content (AvgIpc) is 2.48. The molecule has 2 N–H and O–H groups in total. The number of benzene rings is 2. The SMILES string of the molecule is O=C(Nc1cccc(Cl)c1)c1nnc2c(Cl)cccc2c1O. The number of hydrogen-bond acceptors (Lipinski definition) is 4. The molecule has 7 heteroatoms. The number of nitrogens with one attached hydrogen (secondary N) is 1. The smallest absolute Gasteiger partial charge is 0.280 e. The summed E-state index contributed by atoms with van der Waals surface area (Å²) in [6.07, 6.45) is 0. The molecule has 0 aliphatic rings. The van der Waals surface area contributed by atoms with Gasteiger partial charge in [0.15, 0.2) is 11.4 Å². The molecule has 0 aliphatic heterocycles. The van der Waals surface area contributed by atoms with E-state index in [4.69, 9.17) is 23.2 Å². The van der Waals surface area contributed by atoms with Crippen molar-refractivity contribution in [2.75, 3.05) is 5.32 Å². The predicted octanol–water partition coefficient (Wildman–Crippen LogP) is 3.89. The molecule has 5 nitrogen and oxygen atoms in total. The highest BCUT2D eigenvalue weighted by atomic mass is 35.5. The van der Waals surface area contributed by atoms with Gasteiger partial charge in [0.25, 0.3) is 5.91 Å². The summed E-state index contributed by atoms with van der Waals surface area (Å²) in [6.45, 7) is 0. The molecule has 0 atom stereocenters. The molecule has 1 aromatic heterocycles. The van der Waals surface area contributed by atoms with Crippen LogP contribution in [0.5, 0.6) is 5.75 Å². The third-order valence-corrected chi connectivity index (χ3v) is 3.55. The van der Waals surface area contributed by atoms with Crippen LogP contribution in [0.1, 0.15) is 10.5 Å². The number of carbonyl (C=O) groups is 1. The van der Waals surface area contributed by atoms with Crippen LogP contribution >= 0.6 is 23.2 Å². The lowest BCUT2D eigenvalue weighted by atomic mass is 10.2. The zero-order valence-electron chi connectivity index (χ0n) is 11.0. The number of aromatic hydroxyl groups is 1. The van der Waals surface area contributed by atoms with Gasteiger partial charge >= 0.3 is 0 Å². The van der Waals surface area contributed by atoms with Crippen LogP contribution in [0, 0.1) is 0 Å². The van der Waals surface area contributed by atoms with Crippen LogP contribution < -0.4 is 5.32 Å². The van der Waals surface area contributed by atoms with Crippen molar-refractivity contribution in [2.24, 2.45) is 0 Å². The molecule has 1 heterocycles. The van der Waals surface area contributed by atoms with E-state index in [-0.39, 0.29) is 11.4 Å². The standard InChI is InChI=1S/C15H9Cl2N3O2/c16-8-3-1-4-9(7-8)18-15(22)13-14(21)10-5-2-6-11(17)12(10)19-20-13/h1-7H,(H,18,22)(H,19,21). The van der Waals surface area contributed by atoms with Crippen LogP contribution in [0.15, 0.2) is 42.5 Å². The summed E-state index contributed by atoms with van der Waals surface area (Å²) in [7, 11) is 0. The Morgan fingerprint density at radius 2 is 1.86 bits per heavy atom. The summed E-state index contributed by atoms with van der Waals surface area (Å²) < 4.78 is 0. The van der Waals surface area contributed by atoms with Gasteiger partial charge in [0.2, 0.25) is 0 Å². The minimum atomic E-state index is -0.589. The average molecular weight is 334 g/mol. The van der Waals surface area contributed by atoms with E-state index in [0.29, 0.717) is 26.6 Å². The largest absolute Gasteiger partial charge is 0.505 e. The van der Waals surface area contributed by atoms with Gasteiger partial charge in [-0.3, -0.25) is 4.79 Å². The minimum absolute atomic E-state index is 0.185. The van der Waals surface area contributed by atoms with Gasteiger partial charge in [-0.25, -0.2) is 0 Å². The van der Waals surface area contributed by atoms with Gasteiger partial charge in [0.1, 0.15) is 5.52 Å². The molecule has 3 aromatic rings. The zero-order chi connectivity index (χ0) is 15.7. The number of nitrogens with zero attached hydrogens (tertiary/aromatic N) is 2. The zero-order valence-corrected chi connectivity index (χ0v) is 12.6. The van der Waals surface area contributed by atoms with Crippen molar-refractivity contribution < 1.29 is 9.90 Å². The fourth-order valence-electron chi connectivity index (χ4n) is 1.99. The molecular formula is C15H9Cl2N3O2. The van der Waals surface area contributed by atoms with E-state index in [9.17, 15) is 9.90 Å². The van der Waals surface area contributed by atoms with E-state index in [2.05, 4.69) is 15.5 Å². The van der Waals surface area contributed by atoms with Gasteiger partial charge in [-0.15, -0.1) is 10.2 Å². The van der Waals surface area contributed by atoms with Gasteiger partial charge in [-0.1, -0.05) is 35.3 Å². The number of fused-ring (bicyclic) bond motifs is 1. The minimum Gasteiger partial charge on any atom is -0.505 e. The molecule has 0 fully saturated rings. The van der Waals surface area contributed by atoms with E-state index in [1.165, 1.54) is 0 Å². The molecule has 3 rings (SSSR count). The van der Waals surface area contributed by atoms with Crippen molar-refractivity contribution in [3.8, 4) is 5.75 Å². The van der Waals surface area contributed by atoms with Gasteiger partial charge in [0.05, 0.1) is 5.02 Å². The summed E-state index contributed by atoms with van der Waals surface area (Å²) in [6, 6.07) is 11.5. The Morgan fingerprint density at radius 1 is 1.09 bits per heavy atom. The Kier molecular flexibility index (Phi) is 3.83. The molecule has 0 aliphatic carbocycles. The maximum absolute atomic E-state index is 12.2. The Morgan fingerprint density at radius 3 is 2.64 bits per heavy atom. The molecule has 0 radical (unpaired) electrons. The molecule has 0 saturated carbocycles. The number of halogens is 2. The first-order valence-corrected chi connectivity index (χ1v) is 7.02. The Labute approximate surface area is 135 Å². The lowest BCUT2D eigenvalue weighted by Gasteiger charge is -2.08. The van der Waals surface area contributed by atoms with Crippen LogP contribution in [0.25, 0.3) is 10.9 Å². The quantitative estimate of drug-likeness (QED) is 0.745. The second-order valence-corrected chi connectivity index (χ2v) is 5.34. The Hall–Kier alpha value is -2.37. The molecular weight excluding hydrogens is 325 g/mol. The van der Waals surface area contributed by atoms with Crippen molar-refractivity contribution in [1.29, 1.82) is 0 Å². The molecule has 2 aromatic carbocycles. The van der Waals surface area contributed by atoms with Crippen LogP contribution in [0.4, 0.5) is 5.69 Å². The van der Waals surface area contributed by atoms with Crippen molar-refractivity contribution >= 4 is 45.7 Å². The number of anilines is 1. The third-order valence-electron chi connectivity index (χ3n) is 3.01. The highest BCUT2D eigenvalue weighted by molar-refractivity contribution is 6.35. The van der Waals surface area contributed by atoms with Crippen molar-refractivity contribution in [3.05, 3.63) is 58.2 Å². The predicted molar refractivity (Wildman–Crippen MR) is 85.6 cm³/mol. The molecule has 110 valence electrons. The maximum atomic E-state index is 12.2. The second-order valence-electron chi connectivity index (χ2n) is 4.50. The van der Waals surface area contributed by atoms with Crippen LogP contribution in [0.2, 0.25) is 10.0 Å². The lowest BCUT2D eigenvalue weighted by molar-refractivity contribution is 0.101. The first-order chi connectivity index (χ1) is 10.6. The summed E-state index contributed by atoms with van der Waals surface area (Å²) in [4.78, 5) is 12.2. The Bertz CT molecular complexity index is 884. The number of aromatic nitrogens is 2. The van der Waals surface area contributed by atoms with Crippen molar-refractivity contribution in [1.82, 2.24) is 10.2 Å². The van der Waals surface area contributed by atoms with Gasteiger partial charge in [0, 0.05) is 16.1 Å². The van der Waals surface area contributed by atoms with Gasteiger partial charge in [-0.05, 0) is 30.3 Å². The number of carbonyl (C=O) groups excluding carboxylic acids is 1. The molecule has 0 unspecified atom stereocenters. The first kappa shape index (κ1) is 14.6. The van der Waals surface area contributed by atoms with Crippen molar-refractivity contribution in [3.63, 3.8) is 0 Å². The highest BCUT2D eigenvalue weighted by Gasteiger charge is 2.18. The van der Waals surface area contributed by atoms with E-state index in [1.807, 2.05) is 0 Å². The van der Waals surface area contributed by atoms with Gasteiger partial charge < -0.3 is 10.4 Å². The number of amides is 1. The normalized spacial score (nSPS) is 10.6. The molecule has 22 heavy (non-hydrogen) atoms. The summed E-state index contributed by atoms with van der Waals surface area (Å²) in [5, 5.41) is 21.7.